The Labute approximate surface area is 123 Å². The average Bonchev–Trinajstić information content (AvgIpc) is 2.45. The fraction of sp³-hybridized carbons (Fsp3) is 0.647. The molecule has 0 aromatic heterocycles. The summed E-state index contributed by atoms with van der Waals surface area (Å²) in [5.41, 5.74) is 2.72. The first kappa shape index (κ1) is 17.2. The van der Waals surface area contributed by atoms with E-state index in [-0.39, 0.29) is 0 Å². The molecular weight excluding hydrogens is 250 g/mol. The lowest BCUT2D eigenvalue weighted by molar-refractivity contribution is 0.127. The molecule has 1 rings (SSSR count). The number of methoxy groups -OCH3 is 1. The van der Waals surface area contributed by atoms with Crippen molar-refractivity contribution >= 4 is 0 Å². The van der Waals surface area contributed by atoms with Crippen molar-refractivity contribution < 1.29 is 9.47 Å². The Morgan fingerprint density at radius 2 is 2.05 bits per heavy atom. The molecule has 0 bridgehead atoms. The van der Waals surface area contributed by atoms with Crippen molar-refractivity contribution in [3.05, 3.63) is 35.4 Å². The lowest BCUT2D eigenvalue weighted by Crippen LogP contribution is -2.26. The fourth-order valence-electron chi connectivity index (χ4n) is 2.23. The van der Waals surface area contributed by atoms with E-state index >= 15 is 0 Å². The maximum Gasteiger partial charge on any atom is 0.0587 e. The van der Waals surface area contributed by atoms with Gasteiger partial charge in [0.05, 0.1) is 6.61 Å². The smallest absolute Gasteiger partial charge is 0.0587 e. The molecule has 0 fully saturated rings. The summed E-state index contributed by atoms with van der Waals surface area (Å²) < 4.78 is 10.7. The number of nitrogens with one attached hydrogen (secondary N) is 1. The topological polar surface area (TPSA) is 30.5 Å². The third-order valence-electron chi connectivity index (χ3n) is 3.35. The predicted molar refractivity (Wildman–Crippen MR) is 84.4 cm³/mol. The number of ether oxygens (including phenoxy) is 2. The zero-order valence-electron chi connectivity index (χ0n) is 13.2. The van der Waals surface area contributed by atoms with Crippen LogP contribution in [-0.4, -0.2) is 40.0 Å². The lowest BCUT2D eigenvalue weighted by Gasteiger charge is -2.19. The van der Waals surface area contributed by atoms with Gasteiger partial charge in [-0.25, -0.2) is 0 Å². The molecule has 1 atom stereocenters. The van der Waals surface area contributed by atoms with E-state index in [0.29, 0.717) is 5.92 Å². The van der Waals surface area contributed by atoms with E-state index in [1.165, 1.54) is 11.1 Å². The molecule has 0 aliphatic carbocycles. The monoisotopic (exact) mass is 279 g/mol. The minimum absolute atomic E-state index is 0.503. The molecular formula is C17H29NO2. The van der Waals surface area contributed by atoms with Crippen molar-refractivity contribution in [1.29, 1.82) is 0 Å². The molecule has 0 heterocycles. The summed E-state index contributed by atoms with van der Waals surface area (Å²) in [6.07, 6.45) is 2.14. The highest BCUT2D eigenvalue weighted by atomic mass is 16.5. The predicted octanol–water partition coefficient (Wildman–Crippen LogP) is 3.13. The van der Waals surface area contributed by atoms with Crippen molar-refractivity contribution in [2.75, 3.05) is 40.0 Å². The van der Waals surface area contributed by atoms with E-state index in [0.717, 1.165) is 45.8 Å². The molecule has 0 saturated heterocycles. The van der Waals surface area contributed by atoms with E-state index < -0.39 is 0 Å². The van der Waals surface area contributed by atoms with Gasteiger partial charge < -0.3 is 14.8 Å². The molecule has 0 amide bonds. The van der Waals surface area contributed by atoms with Crippen LogP contribution in [0.5, 0.6) is 0 Å². The van der Waals surface area contributed by atoms with Gasteiger partial charge in [0.1, 0.15) is 0 Å². The standard InChI is InChI=1S/C17H29NO2/c1-4-10-20-11-8-17(14-18-9-12-19-3)16-7-5-6-15(2)13-16/h5-7,13,17-18H,4,8-12,14H2,1-3H3. The Bertz CT molecular complexity index is 343. The molecule has 0 radical (unpaired) electrons. The van der Waals surface area contributed by atoms with Gasteiger partial charge in [-0.15, -0.1) is 0 Å². The summed E-state index contributed by atoms with van der Waals surface area (Å²) in [4.78, 5) is 0. The molecule has 0 saturated carbocycles. The van der Waals surface area contributed by atoms with Crippen molar-refractivity contribution in [2.45, 2.75) is 32.6 Å². The maximum atomic E-state index is 5.64. The van der Waals surface area contributed by atoms with Gasteiger partial charge in [-0.05, 0) is 31.2 Å². The molecule has 1 aromatic rings. The van der Waals surface area contributed by atoms with Crippen molar-refractivity contribution in [3.8, 4) is 0 Å². The van der Waals surface area contributed by atoms with Gasteiger partial charge in [0, 0.05) is 33.4 Å². The SMILES string of the molecule is CCCOCCC(CNCCOC)c1cccc(C)c1. The third kappa shape index (κ3) is 7.04. The van der Waals surface area contributed by atoms with Crippen LogP contribution < -0.4 is 5.32 Å². The van der Waals surface area contributed by atoms with Crippen LogP contribution in [0.3, 0.4) is 0 Å². The molecule has 114 valence electrons. The van der Waals surface area contributed by atoms with Crippen LogP contribution in [0.15, 0.2) is 24.3 Å². The minimum atomic E-state index is 0.503. The molecule has 1 N–H and O–H groups in total. The number of benzene rings is 1. The minimum Gasteiger partial charge on any atom is -0.383 e. The van der Waals surface area contributed by atoms with Crippen molar-refractivity contribution in [3.63, 3.8) is 0 Å². The first-order chi connectivity index (χ1) is 9.77. The Balaban J connectivity index is 2.49. The van der Waals surface area contributed by atoms with Crippen LogP contribution in [0.1, 0.15) is 36.8 Å². The highest BCUT2D eigenvalue weighted by Crippen LogP contribution is 2.20. The number of hydrogen-bond acceptors (Lipinski definition) is 3. The van der Waals surface area contributed by atoms with Gasteiger partial charge in [0.15, 0.2) is 0 Å². The zero-order valence-corrected chi connectivity index (χ0v) is 13.2. The van der Waals surface area contributed by atoms with Crippen LogP contribution >= 0.6 is 0 Å². The quantitative estimate of drug-likeness (QED) is 0.631. The van der Waals surface area contributed by atoms with Crippen molar-refractivity contribution in [1.82, 2.24) is 5.32 Å². The van der Waals surface area contributed by atoms with Gasteiger partial charge in [0.25, 0.3) is 0 Å². The lowest BCUT2D eigenvalue weighted by atomic mass is 9.94. The summed E-state index contributed by atoms with van der Waals surface area (Å²) >= 11 is 0. The second-order valence-corrected chi connectivity index (χ2v) is 5.21. The molecule has 1 unspecified atom stereocenters. The first-order valence-corrected chi connectivity index (χ1v) is 7.62. The zero-order chi connectivity index (χ0) is 14.6. The van der Waals surface area contributed by atoms with E-state index in [9.17, 15) is 0 Å². The van der Waals surface area contributed by atoms with Gasteiger partial charge in [-0.2, -0.15) is 0 Å². The van der Waals surface area contributed by atoms with Crippen LogP contribution in [0, 0.1) is 6.92 Å². The molecule has 0 aliphatic rings. The first-order valence-electron chi connectivity index (χ1n) is 7.62. The molecule has 3 nitrogen and oxygen atoms in total. The maximum absolute atomic E-state index is 5.64. The van der Waals surface area contributed by atoms with Gasteiger partial charge in [0.2, 0.25) is 0 Å². The van der Waals surface area contributed by atoms with Crippen LogP contribution in [0.2, 0.25) is 0 Å². The second-order valence-electron chi connectivity index (χ2n) is 5.21. The number of hydrogen-bond donors (Lipinski definition) is 1. The van der Waals surface area contributed by atoms with Gasteiger partial charge >= 0.3 is 0 Å². The Kier molecular flexibility index (Phi) is 9.29. The summed E-state index contributed by atoms with van der Waals surface area (Å²) in [6, 6.07) is 8.78. The second kappa shape index (κ2) is 10.8. The van der Waals surface area contributed by atoms with E-state index in [1.54, 1.807) is 7.11 Å². The molecule has 20 heavy (non-hydrogen) atoms. The normalized spacial score (nSPS) is 12.6. The van der Waals surface area contributed by atoms with E-state index in [4.69, 9.17) is 9.47 Å². The molecule has 1 aromatic carbocycles. The highest BCUT2D eigenvalue weighted by Gasteiger charge is 2.11. The average molecular weight is 279 g/mol. The van der Waals surface area contributed by atoms with Gasteiger partial charge in [-0.3, -0.25) is 0 Å². The largest absolute Gasteiger partial charge is 0.383 e. The Morgan fingerprint density at radius 3 is 2.75 bits per heavy atom. The summed E-state index contributed by atoms with van der Waals surface area (Å²) in [7, 11) is 1.73. The number of aryl methyl sites for hydroxylation is 1. The van der Waals surface area contributed by atoms with E-state index in [1.807, 2.05) is 0 Å². The summed E-state index contributed by atoms with van der Waals surface area (Å²) in [6.45, 7) is 8.61. The third-order valence-corrected chi connectivity index (χ3v) is 3.35. The van der Waals surface area contributed by atoms with Crippen LogP contribution in [0.4, 0.5) is 0 Å². The molecule has 0 spiro atoms. The van der Waals surface area contributed by atoms with Crippen LogP contribution in [0.25, 0.3) is 0 Å². The summed E-state index contributed by atoms with van der Waals surface area (Å²) in [5, 5.41) is 3.46. The van der Waals surface area contributed by atoms with E-state index in [2.05, 4.69) is 43.4 Å². The fourth-order valence-corrected chi connectivity index (χ4v) is 2.23. The summed E-state index contributed by atoms with van der Waals surface area (Å²) in [5.74, 6) is 0.503. The molecule has 3 heteroatoms. The van der Waals surface area contributed by atoms with Crippen LogP contribution in [-0.2, 0) is 9.47 Å². The van der Waals surface area contributed by atoms with Gasteiger partial charge in [-0.1, -0.05) is 36.8 Å². The highest BCUT2D eigenvalue weighted by molar-refractivity contribution is 5.25. The Morgan fingerprint density at radius 1 is 1.20 bits per heavy atom. The Hall–Kier alpha value is -0.900. The van der Waals surface area contributed by atoms with Crippen molar-refractivity contribution in [2.24, 2.45) is 0 Å². The number of rotatable bonds is 11. The molecule has 0 aliphatic heterocycles.